The van der Waals surface area contributed by atoms with Crippen LogP contribution in [0.3, 0.4) is 0 Å². The van der Waals surface area contributed by atoms with Crippen LogP contribution in [0.5, 0.6) is 0 Å². The fourth-order valence-corrected chi connectivity index (χ4v) is 3.15. The highest BCUT2D eigenvalue weighted by molar-refractivity contribution is 7.18. The molecular weight excluding hydrogens is 192 g/mol. The number of benzene rings is 1. The summed E-state index contributed by atoms with van der Waals surface area (Å²) in [5.41, 5.74) is 1.16. The zero-order valence-electron chi connectivity index (χ0n) is 7.94. The standard InChI is InChI=1S/C11H12N2S/c1-2-6-10-8(4-1)13-11(14-10)9-5-3-7-12-9/h1-2,4,6,9,12H,3,5,7H2/p+1/t9-/m1/s1. The van der Waals surface area contributed by atoms with Gasteiger partial charge in [0.05, 0.1) is 16.8 Å². The van der Waals surface area contributed by atoms with E-state index < -0.39 is 0 Å². The zero-order valence-corrected chi connectivity index (χ0v) is 8.76. The Kier molecular flexibility index (Phi) is 2.00. The van der Waals surface area contributed by atoms with Gasteiger partial charge in [0.25, 0.3) is 0 Å². The lowest BCUT2D eigenvalue weighted by atomic mass is 10.2. The molecule has 3 rings (SSSR count). The molecule has 2 aromatic rings. The van der Waals surface area contributed by atoms with E-state index >= 15 is 0 Å². The number of quaternary nitrogens is 1. The molecule has 2 N–H and O–H groups in total. The van der Waals surface area contributed by atoms with E-state index in [-0.39, 0.29) is 0 Å². The van der Waals surface area contributed by atoms with Crippen LogP contribution in [0.4, 0.5) is 0 Å². The van der Waals surface area contributed by atoms with E-state index in [4.69, 9.17) is 0 Å². The lowest BCUT2D eigenvalue weighted by Crippen LogP contribution is -2.81. The molecule has 0 amide bonds. The van der Waals surface area contributed by atoms with E-state index in [2.05, 4.69) is 34.6 Å². The first kappa shape index (κ1) is 8.38. The molecule has 1 aliphatic rings. The van der Waals surface area contributed by atoms with Gasteiger partial charge in [-0.2, -0.15) is 0 Å². The molecule has 1 atom stereocenters. The third kappa shape index (κ3) is 1.33. The Morgan fingerprint density at radius 2 is 2.29 bits per heavy atom. The van der Waals surface area contributed by atoms with Crippen molar-refractivity contribution in [3.05, 3.63) is 29.3 Å². The highest BCUT2D eigenvalue weighted by atomic mass is 32.1. The second-order valence-electron chi connectivity index (χ2n) is 3.79. The Labute approximate surface area is 87.0 Å². The number of aromatic nitrogens is 1. The van der Waals surface area contributed by atoms with Crippen LogP contribution in [0.2, 0.25) is 0 Å². The largest absolute Gasteiger partial charge is 0.338 e. The van der Waals surface area contributed by atoms with Crippen molar-refractivity contribution in [3.8, 4) is 0 Å². The van der Waals surface area contributed by atoms with Crippen LogP contribution in [0.1, 0.15) is 23.9 Å². The third-order valence-electron chi connectivity index (χ3n) is 2.80. The Morgan fingerprint density at radius 3 is 3.07 bits per heavy atom. The van der Waals surface area contributed by atoms with Crippen molar-refractivity contribution < 1.29 is 5.32 Å². The maximum Gasteiger partial charge on any atom is 0.151 e. The summed E-state index contributed by atoms with van der Waals surface area (Å²) in [5, 5.41) is 3.72. The van der Waals surface area contributed by atoms with Gasteiger partial charge in [-0.05, 0) is 12.1 Å². The van der Waals surface area contributed by atoms with Crippen LogP contribution in [0, 0.1) is 0 Å². The molecule has 2 nitrogen and oxygen atoms in total. The Morgan fingerprint density at radius 1 is 1.36 bits per heavy atom. The summed E-state index contributed by atoms with van der Waals surface area (Å²) >= 11 is 1.85. The summed E-state index contributed by atoms with van der Waals surface area (Å²) in [4.78, 5) is 4.68. The van der Waals surface area contributed by atoms with Crippen molar-refractivity contribution in [2.45, 2.75) is 18.9 Å². The smallest absolute Gasteiger partial charge is 0.151 e. The molecule has 1 aliphatic heterocycles. The summed E-state index contributed by atoms with van der Waals surface area (Å²) in [5.74, 6) is 0. The maximum absolute atomic E-state index is 4.68. The molecule has 0 unspecified atom stereocenters. The van der Waals surface area contributed by atoms with Gasteiger partial charge >= 0.3 is 0 Å². The van der Waals surface area contributed by atoms with Crippen molar-refractivity contribution in [1.82, 2.24) is 4.98 Å². The minimum Gasteiger partial charge on any atom is -0.338 e. The summed E-state index contributed by atoms with van der Waals surface area (Å²) in [7, 11) is 0. The third-order valence-corrected chi connectivity index (χ3v) is 3.97. The molecule has 0 saturated carbocycles. The van der Waals surface area contributed by atoms with Crippen LogP contribution in [0.25, 0.3) is 10.2 Å². The first-order valence-corrected chi connectivity index (χ1v) is 5.94. The van der Waals surface area contributed by atoms with Gasteiger partial charge in [-0.3, -0.25) is 0 Å². The molecule has 1 fully saturated rings. The van der Waals surface area contributed by atoms with Gasteiger partial charge in [0, 0.05) is 12.8 Å². The first-order valence-electron chi connectivity index (χ1n) is 5.12. The van der Waals surface area contributed by atoms with Gasteiger partial charge in [0.2, 0.25) is 0 Å². The molecule has 2 heterocycles. The molecule has 0 radical (unpaired) electrons. The molecule has 0 bridgehead atoms. The van der Waals surface area contributed by atoms with Gasteiger partial charge in [-0.15, -0.1) is 11.3 Å². The number of hydrogen-bond donors (Lipinski definition) is 1. The van der Waals surface area contributed by atoms with Gasteiger partial charge in [0.15, 0.2) is 5.01 Å². The zero-order chi connectivity index (χ0) is 9.38. The number of para-hydroxylation sites is 1. The Balaban J connectivity index is 2.05. The predicted octanol–water partition coefficient (Wildman–Crippen LogP) is 1.69. The van der Waals surface area contributed by atoms with E-state index in [1.807, 2.05) is 11.3 Å². The number of fused-ring (bicyclic) bond motifs is 1. The van der Waals surface area contributed by atoms with Crippen molar-refractivity contribution in [2.75, 3.05) is 6.54 Å². The molecule has 0 spiro atoms. The number of hydrogen-bond acceptors (Lipinski definition) is 2. The van der Waals surface area contributed by atoms with Gasteiger partial charge in [-0.1, -0.05) is 12.1 Å². The van der Waals surface area contributed by atoms with Crippen LogP contribution in [-0.2, 0) is 0 Å². The van der Waals surface area contributed by atoms with Gasteiger partial charge in [0.1, 0.15) is 6.04 Å². The summed E-state index contributed by atoms with van der Waals surface area (Å²) in [6.45, 7) is 1.26. The SMILES string of the molecule is c1ccc2sc([C@H]3CCC[NH2+]3)nc2c1. The summed E-state index contributed by atoms with van der Waals surface area (Å²) in [6.07, 6.45) is 2.63. The lowest BCUT2D eigenvalue weighted by Gasteiger charge is -1.99. The highest BCUT2D eigenvalue weighted by Crippen LogP contribution is 2.27. The lowest BCUT2D eigenvalue weighted by molar-refractivity contribution is -0.676. The number of nitrogens with two attached hydrogens (primary N) is 1. The topological polar surface area (TPSA) is 29.5 Å². The minimum atomic E-state index is 0.632. The molecule has 1 saturated heterocycles. The monoisotopic (exact) mass is 205 g/mol. The maximum atomic E-state index is 4.68. The van der Waals surface area contributed by atoms with Crippen LogP contribution < -0.4 is 5.32 Å². The van der Waals surface area contributed by atoms with Crippen molar-refractivity contribution in [2.24, 2.45) is 0 Å². The normalized spacial score (nSPS) is 21.9. The van der Waals surface area contributed by atoms with E-state index in [1.165, 1.54) is 29.1 Å². The fourth-order valence-electron chi connectivity index (χ4n) is 2.05. The first-order chi connectivity index (χ1) is 6.93. The van der Waals surface area contributed by atoms with Gasteiger partial charge in [-0.25, -0.2) is 4.98 Å². The number of rotatable bonds is 1. The molecule has 14 heavy (non-hydrogen) atoms. The second-order valence-corrected chi connectivity index (χ2v) is 4.86. The van der Waals surface area contributed by atoms with Crippen molar-refractivity contribution >= 4 is 21.6 Å². The molecule has 0 aliphatic carbocycles. The second kappa shape index (κ2) is 3.33. The summed E-state index contributed by atoms with van der Waals surface area (Å²) in [6, 6.07) is 9.04. The number of nitrogens with zero attached hydrogens (tertiary/aromatic N) is 1. The predicted molar refractivity (Wildman–Crippen MR) is 58.4 cm³/mol. The Hall–Kier alpha value is -0.930. The average Bonchev–Trinajstić information content (AvgIpc) is 2.86. The molecular formula is C11H13N2S+. The molecule has 1 aromatic heterocycles. The average molecular weight is 205 g/mol. The van der Waals surface area contributed by atoms with E-state index in [1.54, 1.807) is 0 Å². The highest BCUT2D eigenvalue weighted by Gasteiger charge is 2.23. The van der Waals surface area contributed by atoms with E-state index in [0.717, 1.165) is 5.52 Å². The van der Waals surface area contributed by atoms with E-state index in [9.17, 15) is 0 Å². The molecule has 1 aromatic carbocycles. The van der Waals surface area contributed by atoms with Crippen LogP contribution >= 0.6 is 11.3 Å². The quantitative estimate of drug-likeness (QED) is 0.754. The number of thiazole rings is 1. The summed E-state index contributed by atoms with van der Waals surface area (Å²) < 4.78 is 1.32. The van der Waals surface area contributed by atoms with Gasteiger partial charge < -0.3 is 5.32 Å². The molecule has 3 heteroatoms. The minimum absolute atomic E-state index is 0.632. The van der Waals surface area contributed by atoms with Crippen LogP contribution in [-0.4, -0.2) is 11.5 Å². The van der Waals surface area contributed by atoms with Crippen molar-refractivity contribution in [3.63, 3.8) is 0 Å². The van der Waals surface area contributed by atoms with Crippen LogP contribution in [0.15, 0.2) is 24.3 Å². The molecule has 72 valence electrons. The van der Waals surface area contributed by atoms with E-state index in [0.29, 0.717) is 6.04 Å². The van der Waals surface area contributed by atoms with Crippen molar-refractivity contribution in [1.29, 1.82) is 0 Å². The Bertz CT molecular complexity index is 410. The fraction of sp³-hybridized carbons (Fsp3) is 0.364.